The van der Waals surface area contributed by atoms with Crippen LogP contribution < -0.4 is 5.32 Å². The number of hydrogen-bond donors (Lipinski definition) is 1. The molecule has 0 unspecified atom stereocenters. The first kappa shape index (κ1) is 15.8. The van der Waals surface area contributed by atoms with Gasteiger partial charge in [0.1, 0.15) is 12.6 Å². The zero-order valence-corrected chi connectivity index (χ0v) is 14.0. The van der Waals surface area contributed by atoms with Crippen molar-refractivity contribution in [3.05, 3.63) is 78.7 Å². The summed E-state index contributed by atoms with van der Waals surface area (Å²) in [5.74, 6) is 0.207. The summed E-state index contributed by atoms with van der Waals surface area (Å²) < 4.78 is 6.90. The average Bonchev–Trinajstić information content (AvgIpc) is 3.36. The zero-order valence-electron chi connectivity index (χ0n) is 14.0. The van der Waals surface area contributed by atoms with Gasteiger partial charge in [-0.1, -0.05) is 24.3 Å². The number of hydrogen-bond acceptors (Lipinski definition) is 5. The number of amides is 1. The lowest BCUT2D eigenvalue weighted by Crippen LogP contribution is -2.14. The van der Waals surface area contributed by atoms with Gasteiger partial charge in [0.15, 0.2) is 0 Å². The van der Waals surface area contributed by atoms with Crippen molar-refractivity contribution >= 4 is 11.6 Å². The molecule has 0 spiro atoms. The van der Waals surface area contributed by atoms with Crippen molar-refractivity contribution in [2.45, 2.75) is 6.92 Å². The number of anilines is 1. The van der Waals surface area contributed by atoms with Crippen LogP contribution in [0.1, 0.15) is 16.2 Å². The third kappa shape index (κ3) is 3.10. The summed E-state index contributed by atoms with van der Waals surface area (Å²) in [5, 5.41) is 7.03. The van der Waals surface area contributed by atoms with Gasteiger partial charge in [-0.3, -0.25) is 4.79 Å². The number of aromatic nitrogens is 4. The van der Waals surface area contributed by atoms with Crippen LogP contribution in [0.5, 0.6) is 0 Å². The quantitative estimate of drug-likeness (QED) is 0.612. The molecule has 4 rings (SSSR count). The van der Waals surface area contributed by atoms with E-state index in [9.17, 15) is 4.79 Å². The highest BCUT2D eigenvalue weighted by Crippen LogP contribution is 2.25. The maximum atomic E-state index is 12.5. The standard InChI is InChI=1S/C19H15N5O2/c1-13-7-8-14(11-16(13)19-20-9-10-26-19)22-18(25)17-21-12-24(23-17)15-5-3-2-4-6-15/h2-12H,1H3,(H,22,25). The van der Waals surface area contributed by atoms with Crippen LogP contribution in [0.2, 0.25) is 0 Å². The fraction of sp³-hybridized carbons (Fsp3) is 0.0526. The number of oxazole rings is 1. The Morgan fingerprint density at radius 3 is 2.73 bits per heavy atom. The molecule has 2 heterocycles. The Hall–Kier alpha value is -3.74. The first-order valence-electron chi connectivity index (χ1n) is 8.00. The largest absolute Gasteiger partial charge is 0.445 e. The van der Waals surface area contributed by atoms with E-state index in [1.807, 2.05) is 55.5 Å². The minimum Gasteiger partial charge on any atom is -0.445 e. The van der Waals surface area contributed by atoms with E-state index in [1.165, 1.54) is 12.6 Å². The molecule has 0 atom stereocenters. The van der Waals surface area contributed by atoms with E-state index in [0.717, 1.165) is 16.8 Å². The minimum absolute atomic E-state index is 0.0899. The van der Waals surface area contributed by atoms with Crippen molar-refractivity contribution in [2.75, 3.05) is 5.32 Å². The highest BCUT2D eigenvalue weighted by atomic mass is 16.3. The molecule has 0 aliphatic heterocycles. The van der Waals surface area contributed by atoms with E-state index in [1.54, 1.807) is 10.9 Å². The number of para-hydroxylation sites is 1. The van der Waals surface area contributed by atoms with Gasteiger partial charge in [0.2, 0.25) is 11.7 Å². The summed E-state index contributed by atoms with van der Waals surface area (Å²) in [6, 6.07) is 15.0. The zero-order chi connectivity index (χ0) is 17.9. The summed E-state index contributed by atoms with van der Waals surface area (Å²) in [5.41, 5.74) is 3.26. The second kappa shape index (κ2) is 6.64. The molecule has 0 saturated carbocycles. The van der Waals surface area contributed by atoms with Gasteiger partial charge in [-0.2, -0.15) is 0 Å². The number of nitrogens with zero attached hydrogens (tertiary/aromatic N) is 4. The number of nitrogens with one attached hydrogen (secondary N) is 1. The lowest BCUT2D eigenvalue weighted by atomic mass is 10.1. The fourth-order valence-corrected chi connectivity index (χ4v) is 2.55. The molecule has 0 radical (unpaired) electrons. The average molecular weight is 345 g/mol. The number of carbonyl (C=O) groups excluding carboxylic acids is 1. The minimum atomic E-state index is -0.387. The van der Waals surface area contributed by atoms with E-state index in [4.69, 9.17) is 4.42 Å². The van der Waals surface area contributed by atoms with Gasteiger partial charge in [-0.05, 0) is 36.8 Å². The smallest absolute Gasteiger partial charge is 0.295 e. The molecule has 1 N–H and O–H groups in total. The van der Waals surface area contributed by atoms with Gasteiger partial charge < -0.3 is 9.73 Å². The van der Waals surface area contributed by atoms with Crippen LogP contribution in [0.3, 0.4) is 0 Å². The molecular weight excluding hydrogens is 330 g/mol. The molecule has 2 aromatic heterocycles. The Morgan fingerprint density at radius 1 is 1.12 bits per heavy atom. The molecular formula is C19H15N5O2. The number of carbonyl (C=O) groups is 1. The molecule has 4 aromatic rings. The Kier molecular flexibility index (Phi) is 4.03. The van der Waals surface area contributed by atoms with Crippen molar-refractivity contribution in [2.24, 2.45) is 0 Å². The van der Waals surface area contributed by atoms with E-state index >= 15 is 0 Å². The van der Waals surface area contributed by atoms with Gasteiger partial charge >= 0.3 is 0 Å². The Morgan fingerprint density at radius 2 is 1.96 bits per heavy atom. The molecule has 2 aromatic carbocycles. The highest BCUT2D eigenvalue weighted by molar-refractivity contribution is 6.01. The van der Waals surface area contributed by atoms with Crippen LogP contribution in [0, 0.1) is 6.92 Å². The first-order valence-corrected chi connectivity index (χ1v) is 8.00. The monoisotopic (exact) mass is 345 g/mol. The molecule has 128 valence electrons. The molecule has 0 saturated heterocycles. The molecule has 0 bridgehead atoms. The Balaban J connectivity index is 1.56. The van der Waals surface area contributed by atoms with E-state index in [0.29, 0.717) is 11.6 Å². The maximum Gasteiger partial charge on any atom is 0.295 e. The first-order chi connectivity index (χ1) is 12.7. The Labute approximate surface area is 149 Å². The van der Waals surface area contributed by atoms with E-state index in [2.05, 4.69) is 20.4 Å². The van der Waals surface area contributed by atoms with Gasteiger partial charge in [0.05, 0.1) is 11.9 Å². The van der Waals surface area contributed by atoms with Gasteiger partial charge in [-0.15, -0.1) is 5.10 Å². The SMILES string of the molecule is Cc1ccc(NC(=O)c2ncn(-c3ccccc3)n2)cc1-c1ncco1. The van der Waals surface area contributed by atoms with Crippen molar-refractivity contribution in [3.8, 4) is 17.1 Å². The molecule has 1 amide bonds. The third-order valence-corrected chi connectivity index (χ3v) is 3.87. The van der Waals surface area contributed by atoms with Crippen molar-refractivity contribution in [1.29, 1.82) is 0 Å². The third-order valence-electron chi connectivity index (χ3n) is 3.87. The second-order valence-corrected chi connectivity index (χ2v) is 5.67. The van der Waals surface area contributed by atoms with Crippen molar-refractivity contribution in [1.82, 2.24) is 19.7 Å². The lowest BCUT2D eigenvalue weighted by molar-refractivity contribution is 0.101. The summed E-state index contributed by atoms with van der Waals surface area (Å²) in [6.07, 6.45) is 4.61. The molecule has 7 heteroatoms. The van der Waals surface area contributed by atoms with Gasteiger partial charge in [0, 0.05) is 11.3 Å². The molecule has 0 aliphatic rings. The normalized spacial score (nSPS) is 10.7. The fourth-order valence-electron chi connectivity index (χ4n) is 2.55. The number of aryl methyl sites for hydroxylation is 1. The number of benzene rings is 2. The molecule has 0 fully saturated rings. The van der Waals surface area contributed by atoms with Crippen LogP contribution in [0.25, 0.3) is 17.1 Å². The van der Waals surface area contributed by atoms with Crippen LogP contribution in [-0.4, -0.2) is 25.7 Å². The highest BCUT2D eigenvalue weighted by Gasteiger charge is 2.14. The number of rotatable bonds is 4. The van der Waals surface area contributed by atoms with Gasteiger partial charge in [0.25, 0.3) is 5.91 Å². The van der Waals surface area contributed by atoms with Crippen LogP contribution in [-0.2, 0) is 0 Å². The topological polar surface area (TPSA) is 85.8 Å². The predicted octanol–water partition coefficient (Wildman–Crippen LogP) is 3.48. The van der Waals surface area contributed by atoms with E-state index < -0.39 is 0 Å². The van der Waals surface area contributed by atoms with Crippen LogP contribution >= 0.6 is 0 Å². The predicted molar refractivity (Wildman–Crippen MR) is 96.0 cm³/mol. The van der Waals surface area contributed by atoms with Crippen LogP contribution in [0.15, 0.2) is 71.7 Å². The maximum absolute atomic E-state index is 12.5. The summed E-state index contributed by atoms with van der Waals surface area (Å²) in [4.78, 5) is 20.7. The molecule has 26 heavy (non-hydrogen) atoms. The van der Waals surface area contributed by atoms with Crippen molar-refractivity contribution in [3.63, 3.8) is 0 Å². The lowest BCUT2D eigenvalue weighted by Gasteiger charge is -2.07. The summed E-state index contributed by atoms with van der Waals surface area (Å²) in [7, 11) is 0. The second-order valence-electron chi connectivity index (χ2n) is 5.67. The Bertz CT molecular complexity index is 1040. The van der Waals surface area contributed by atoms with Crippen LogP contribution in [0.4, 0.5) is 5.69 Å². The van der Waals surface area contributed by atoms with E-state index in [-0.39, 0.29) is 11.7 Å². The molecule has 7 nitrogen and oxygen atoms in total. The molecule has 0 aliphatic carbocycles. The van der Waals surface area contributed by atoms with Crippen molar-refractivity contribution < 1.29 is 9.21 Å². The summed E-state index contributed by atoms with van der Waals surface area (Å²) >= 11 is 0. The van der Waals surface area contributed by atoms with Gasteiger partial charge in [-0.25, -0.2) is 14.6 Å². The summed E-state index contributed by atoms with van der Waals surface area (Å²) in [6.45, 7) is 1.95.